The van der Waals surface area contributed by atoms with Crippen LogP contribution in [0.15, 0.2) is 24.3 Å². The largest absolute Gasteiger partial charge is 0.465 e. The monoisotopic (exact) mass is 252 g/mol. The third kappa shape index (κ3) is 2.20. The number of Topliss-reactive ketones (excluding diaryl/α,β-unsaturated/α-hetero) is 1. The van der Waals surface area contributed by atoms with Gasteiger partial charge in [0.1, 0.15) is 11.2 Å². The van der Waals surface area contributed by atoms with E-state index in [0.717, 1.165) is 5.56 Å². The van der Waals surface area contributed by atoms with Crippen LogP contribution in [0.5, 0.6) is 0 Å². The van der Waals surface area contributed by atoms with Crippen molar-refractivity contribution in [3.8, 4) is 0 Å². The van der Waals surface area contributed by atoms with Gasteiger partial charge in [0.05, 0.1) is 6.61 Å². The number of carbonyl (C=O) groups is 2. The number of ether oxygens (including phenoxy) is 1. The standard InChI is InChI=1S/C13H13ClO3/c1-9(15)13(5-6-17-12(13)16)8-10-3-2-4-11(14)7-10/h2-4,7H,5-6,8H2,1H3. The lowest BCUT2D eigenvalue weighted by Gasteiger charge is -2.21. The Balaban J connectivity index is 2.31. The van der Waals surface area contributed by atoms with Crippen LogP contribution in [0.3, 0.4) is 0 Å². The summed E-state index contributed by atoms with van der Waals surface area (Å²) in [4.78, 5) is 23.5. The Morgan fingerprint density at radius 1 is 1.53 bits per heavy atom. The number of esters is 1. The van der Waals surface area contributed by atoms with E-state index in [1.54, 1.807) is 12.1 Å². The van der Waals surface area contributed by atoms with Crippen LogP contribution in [0, 0.1) is 5.41 Å². The maximum atomic E-state index is 11.8. The van der Waals surface area contributed by atoms with Crippen LogP contribution in [0.4, 0.5) is 0 Å². The van der Waals surface area contributed by atoms with E-state index in [2.05, 4.69) is 0 Å². The highest BCUT2D eigenvalue weighted by atomic mass is 35.5. The second-order valence-electron chi connectivity index (χ2n) is 4.33. The normalized spacial score (nSPS) is 23.5. The van der Waals surface area contributed by atoms with E-state index >= 15 is 0 Å². The molecule has 0 bridgehead atoms. The predicted octanol–water partition coefficient (Wildman–Crippen LogP) is 2.40. The quantitative estimate of drug-likeness (QED) is 0.613. The van der Waals surface area contributed by atoms with Crippen LogP contribution < -0.4 is 0 Å². The lowest BCUT2D eigenvalue weighted by atomic mass is 9.77. The average molecular weight is 253 g/mol. The van der Waals surface area contributed by atoms with Crippen LogP contribution in [0.1, 0.15) is 18.9 Å². The van der Waals surface area contributed by atoms with E-state index in [1.165, 1.54) is 6.92 Å². The van der Waals surface area contributed by atoms with Gasteiger partial charge in [0.15, 0.2) is 0 Å². The van der Waals surface area contributed by atoms with Gasteiger partial charge in [-0.05, 0) is 31.0 Å². The Kier molecular flexibility index (Phi) is 3.20. The molecule has 1 aliphatic heterocycles. The van der Waals surface area contributed by atoms with Crippen LogP contribution in [0.25, 0.3) is 0 Å². The number of hydrogen-bond donors (Lipinski definition) is 0. The van der Waals surface area contributed by atoms with Gasteiger partial charge >= 0.3 is 5.97 Å². The molecule has 0 radical (unpaired) electrons. The minimum absolute atomic E-state index is 0.139. The fourth-order valence-electron chi connectivity index (χ4n) is 2.16. The van der Waals surface area contributed by atoms with E-state index in [-0.39, 0.29) is 5.78 Å². The maximum absolute atomic E-state index is 11.8. The van der Waals surface area contributed by atoms with Crippen molar-refractivity contribution in [3.63, 3.8) is 0 Å². The number of ketones is 1. The highest BCUT2D eigenvalue weighted by Crippen LogP contribution is 2.35. The number of rotatable bonds is 3. The summed E-state index contributed by atoms with van der Waals surface area (Å²) in [6.07, 6.45) is 0.815. The topological polar surface area (TPSA) is 43.4 Å². The van der Waals surface area contributed by atoms with Gasteiger partial charge in [0.2, 0.25) is 0 Å². The average Bonchev–Trinajstić information content (AvgIpc) is 2.61. The second kappa shape index (κ2) is 4.49. The molecule has 0 saturated carbocycles. The zero-order chi connectivity index (χ0) is 12.5. The molecule has 1 atom stereocenters. The van der Waals surface area contributed by atoms with Gasteiger partial charge in [-0.25, -0.2) is 0 Å². The second-order valence-corrected chi connectivity index (χ2v) is 4.77. The first kappa shape index (κ1) is 12.1. The number of cyclic esters (lactones) is 1. The molecule has 1 aromatic carbocycles. The Morgan fingerprint density at radius 3 is 2.82 bits per heavy atom. The van der Waals surface area contributed by atoms with Gasteiger partial charge in [-0.2, -0.15) is 0 Å². The molecule has 17 heavy (non-hydrogen) atoms. The van der Waals surface area contributed by atoms with E-state index in [1.807, 2.05) is 12.1 Å². The number of benzene rings is 1. The van der Waals surface area contributed by atoms with Crippen molar-refractivity contribution < 1.29 is 14.3 Å². The third-order valence-corrected chi connectivity index (χ3v) is 3.46. The minimum Gasteiger partial charge on any atom is -0.465 e. The summed E-state index contributed by atoms with van der Waals surface area (Å²) >= 11 is 5.89. The van der Waals surface area contributed by atoms with Gasteiger partial charge in [-0.1, -0.05) is 23.7 Å². The molecule has 4 heteroatoms. The van der Waals surface area contributed by atoms with E-state index in [9.17, 15) is 9.59 Å². The van der Waals surface area contributed by atoms with Crippen LogP contribution in [-0.4, -0.2) is 18.4 Å². The van der Waals surface area contributed by atoms with Gasteiger partial charge in [0, 0.05) is 11.4 Å². The molecule has 2 rings (SSSR count). The van der Waals surface area contributed by atoms with Crippen molar-refractivity contribution >= 4 is 23.4 Å². The molecule has 1 heterocycles. The van der Waals surface area contributed by atoms with Gasteiger partial charge in [-0.15, -0.1) is 0 Å². The number of hydrogen-bond acceptors (Lipinski definition) is 3. The highest BCUT2D eigenvalue weighted by molar-refractivity contribution is 6.30. The van der Waals surface area contributed by atoms with Crippen LogP contribution >= 0.6 is 11.6 Å². The fraction of sp³-hybridized carbons (Fsp3) is 0.385. The fourth-order valence-corrected chi connectivity index (χ4v) is 2.37. The summed E-state index contributed by atoms with van der Waals surface area (Å²) in [6.45, 7) is 1.76. The Morgan fingerprint density at radius 2 is 2.29 bits per heavy atom. The molecule has 3 nitrogen and oxygen atoms in total. The van der Waals surface area contributed by atoms with Crippen molar-refractivity contribution in [3.05, 3.63) is 34.9 Å². The van der Waals surface area contributed by atoms with Crippen LogP contribution in [0.2, 0.25) is 5.02 Å². The summed E-state index contributed by atoms with van der Waals surface area (Å²) in [7, 11) is 0. The molecule has 0 N–H and O–H groups in total. The lowest BCUT2D eigenvalue weighted by molar-refractivity contribution is -0.150. The third-order valence-electron chi connectivity index (χ3n) is 3.22. The van der Waals surface area contributed by atoms with Crippen molar-refractivity contribution in [1.82, 2.24) is 0 Å². The van der Waals surface area contributed by atoms with E-state index in [4.69, 9.17) is 16.3 Å². The Labute approximate surface area is 105 Å². The number of halogens is 1. The van der Waals surface area contributed by atoms with E-state index < -0.39 is 11.4 Å². The Bertz CT molecular complexity index is 469. The first-order chi connectivity index (χ1) is 8.04. The maximum Gasteiger partial charge on any atom is 0.320 e. The van der Waals surface area contributed by atoms with Crippen molar-refractivity contribution in [1.29, 1.82) is 0 Å². The molecular weight excluding hydrogens is 240 g/mol. The van der Waals surface area contributed by atoms with Crippen molar-refractivity contribution in [2.75, 3.05) is 6.61 Å². The molecule has 1 aromatic rings. The zero-order valence-electron chi connectivity index (χ0n) is 9.53. The molecule has 90 valence electrons. The molecule has 0 aliphatic carbocycles. The first-order valence-electron chi connectivity index (χ1n) is 5.47. The smallest absolute Gasteiger partial charge is 0.320 e. The molecule has 1 fully saturated rings. The summed E-state index contributed by atoms with van der Waals surface area (Å²) < 4.78 is 4.94. The van der Waals surface area contributed by atoms with Gasteiger partial charge in [0.25, 0.3) is 0 Å². The number of carbonyl (C=O) groups excluding carboxylic acids is 2. The zero-order valence-corrected chi connectivity index (χ0v) is 10.3. The molecule has 1 saturated heterocycles. The van der Waals surface area contributed by atoms with Gasteiger partial charge in [-0.3, -0.25) is 9.59 Å². The van der Waals surface area contributed by atoms with E-state index in [0.29, 0.717) is 24.5 Å². The molecule has 0 aromatic heterocycles. The SMILES string of the molecule is CC(=O)C1(Cc2cccc(Cl)c2)CCOC1=O. The summed E-state index contributed by atoms with van der Waals surface area (Å²) in [5, 5.41) is 0.604. The lowest BCUT2D eigenvalue weighted by Crippen LogP contribution is -2.36. The summed E-state index contributed by atoms with van der Waals surface area (Å²) in [5.74, 6) is -0.551. The van der Waals surface area contributed by atoms with Crippen LogP contribution in [-0.2, 0) is 20.7 Å². The minimum atomic E-state index is -1.01. The summed E-state index contributed by atoms with van der Waals surface area (Å²) in [5.41, 5.74) is -0.128. The molecule has 1 aliphatic rings. The van der Waals surface area contributed by atoms with Gasteiger partial charge < -0.3 is 4.74 Å². The molecule has 0 amide bonds. The molecular formula is C13H13ClO3. The Hall–Kier alpha value is -1.35. The summed E-state index contributed by atoms with van der Waals surface area (Å²) in [6, 6.07) is 7.21. The van der Waals surface area contributed by atoms with Crippen molar-refractivity contribution in [2.24, 2.45) is 5.41 Å². The molecule has 1 unspecified atom stereocenters. The highest BCUT2D eigenvalue weighted by Gasteiger charge is 2.48. The van der Waals surface area contributed by atoms with Crippen molar-refractivity contribution in [2.45, 2.75) is 19.8 Å². The first-order valence-corrected chi connectivity index (χ1v) is 5.85. The predicted molar refractivity (Wildman–Crippen MR) is 63.8 cm³/mol. The molecule has 0 spiro atoms.